The van der Waals surface area contributed by atoms with E-state index in [1.54, 1.807) is 0 Å². The van der Waals surface area contributed by atoms with Gasteiger partial charge in [0.05, 0.1) is 124 Å². The summed E-state index contributed by atoms with van der Waals surface area (Å²) in [7, 11) is -3.25. The maximum atomic E-state index is 9.09. The molecule has 0 saturated heterocycles. The van der Waals surface area contributed by atoms with Crippen molar-refractivity contribution in [3.8, 4) is 36.4 Å². The molecular formula is C20H28Br2N6P2. The first-order chi connectivity index (χ1) is 13.6. The van der Waals surface area contributed by atoms with Crippen LogP contribution in [0.4, 0.5) is 0 Å². The van der Waals surface area contributed by atoms with Crippen LogP contribution in [-0.4, -0.2) is 49.3 Å². The Kier molecular flexibility index (Phi) is 23.4. The van der Waals surface area contributed by atoms with Gasteiger partial charge in [-0.15, -0.1) is 0 Å². The van der Waals surface area contributed by atoms with Crippen molar-refractivity contribution >= 4 is 14.5 Å². The van der Waals surface area contributed by atoms with E-state index in [2.05, 4.69) is 36.4 Å². The molecule has 0 N–H and O–H groups in total. The first-order valence-electron chi connectivity index (χ1n) is 9.49. The summed E-state index contributed by atoms with van der Waals surface area (Å²) in [6.07, 6.45) is 9.00. The summed E-state index contributed by atoms with van der Waals surface area (Å²) >= 11 is 0. The molecule has 0 rings (SSSR count). The zero-order chi connectivity index (χ0) is 21.1. The van der Waals surface area contributed by atoms with Crippen molar-refractivity contribution in [1.29, 1.82) is 31.6 Å². The lowest BCUT2D eigenvalue weighted by Crippen LogP contribution is -3.00. The van der Waals surface area contributed by atoms with Crippen LogP contribution in [0.2, 0.25) is 0 Å². The van der Waals surface area contributed by atoms with Crippen LogP contribution in [0, 0.1) is 68.0 Å². The SMILES string of the molecule is N#CCC[P+](CCC#N)(CCC#N)CC[P+](CCC#N)(CCC#N)CCC#N.[Br-].[Br-]. The van der Waals surface area contributed by atoms with Gasteiger partial charge in [0.25, 0.3) is 0 Å². The minimum absolute atomic E-state index is 0. The number of nitriles is 6. The number of halogens is 2. The van der Waals surface area contributed by atoms with Crippen molar-refractivity contribution in [2.24, 2.45) is 0 Å². The number of rotatable bonds is 15. The Bertz CT molecular complexity index is 565. The molecule has 10 heteroatoms. The molecule has 0 saturated carbocycles. The van der Waals surface area contributed by atoms with Crippen molar-refractivity contribution in [1.82, 2.24) is 0 Å². The molecule has 0 unspecified atom stereocenters. The van der Waals surface area contributed by atoms with Gasteiger partial charge in [-0.25, -0.2) is 0 Å². The molecule has 6 nitrogen and oxygen atoms in total. The molecule has 0 spiro atoms. The lowest BCUT2D eigenvalue weighted by Gasteiger charge is -2.31. The van der Waals surface area contributed by atoms with E-state index in [1.165, 1.54) is 0 Å². The Morgan fingerprint density at radius 3 is 0.633 bits per heavy atom. The summed E-state index contributed by atoms with van der Waals surface area (Å²) in [4.78, 5) is 0. The molecule has 162 valence electrons. The summed E-state index contributed by atoms with van der Waals surface area (Å²) in [6, 6.07) is 13.3. The monoisotopic (exact) mass is 572 g/mol. The van der Waals surface area contributed by atoms with Crippen LogP contribution >= 0.6 is 14.5 Å². The van der Waals surface area contributed by atoms with E-state index in [-0.39, 0.29) is 34.0 Å². The molecule has 30 heavy (non-hydrogen) atoms. The molecule has 0 aromatic heterocycles. The third-order valence-corrected chi connectivity index (χ3v) is 15.0. The van der Waals surface area contributed by atoms with E-state index in [0.717, 1.165) is 49.3 Å². The molecule has 0 amide bonds. The van der Waals surface area contributed by atoms with Crippen molar-refractivity contribution in [2.75, 3.05) is 49.3 Å². The van der Waals surface area contributed by atoms with E-state index < -0.39 is 14.5 Å². The third kappa shape index (κ3) is 13.9. The van der Waals surface area contributed by atoms with E-state index in [1.807, 2.05) is 0 Å². The maximum absolute atomic E-state index is 9.09. The van der Waals surface area contributed by atoms with Gasteiger partial charge in [-0.1, -0.05) is 0 Å². The summed E-state index contributed by atoms with van der Waals surface area (Å²) in [5.74, 6) is 0. The predicted molar refractivity (Wildman–Crippen MR) is 114 cm³/mol. The fourth-order valence-electron chi connectivity index (χ4n) is 3.49. The zero-order valence-electron chi connectivity index (χ0n) is 17.2. The maximum Gasteiger partial charge on any atom is 0.0930 e. The summed E-state index contributed by atoms with van der Waals surface area (Å²) < 4.78 is 0. The van der Waals surface area contributed by atoms with Crippen molar-refractivity contribution in [3.05, 3.63) is 0 Å². The van der Waals surface area contributed by atoms with Gasteiger partial charge in [0.1, 0.15) is 0 Å². The summed E-state index contributed by atoms with van der Waals surface area (Å²) in [5, 5.41) is 54.6. The second-order valence-corrected chi connectivity index (χ2v) is 15.9. The van der Waals surface area contributed by atoms with Gasteiger partial charge < -0.3 is 34.0 Å². The molecule has 0 heterocycles. The van der Waals surface area contributed by atoms with Gasteiger partial charge in [-0.2, -0.15) is 31.6 Å². The average molecular weight is 574 g/mol. The smallest absolute Gasteiger partial charge is 0.0930 e. The average Bonchev–Trinajstić information content (AvgIpc) is 2.73. The van der Waals surface area contributed by atoms with Gasteiger partial charge in [0, 0.05) is 14.5 Å². The molecule has 0 fully saturated rings. The molecule has 0 aromatic carbocycles. The van der Waals surface area contributed by atoms with Crippen LogP contribution in [0.5, 0.6) is 0 Å². The van der Waals surface area contributed by atoms with Crippen LogP contribution in [0.3, 0.4) is 0 Å². The highest BCUT2D eigenvalue weighted by Crippen LogP contribution is 2.67. The minimum Gasteiger partial charge on any atom is -1.00 e. The van der Waals surface area contributed by atoms with Gasteiger partial charge in [-0.3, -0.25) is 0 Å². The predicted octanol–water partition coefficient (Wildman–Crippen LogP) is -1.49. The van der Waals surface area contributed by atoms with Crippen LogP contribution < -0.4 is 34.0 Å². The number of nitrogens with zero attached hydrogens (tertiary/aromatic N) is 6. The summed E-state index contributed by atoms with van der Waals surface area (Å²) in [5.41, 5.74) is 0. The molecule has 0 radical (unpaired) electrons. The quantitative estimate of drug-likeness (QED) is 0.218. The molecule has 0 aliphatic rings. The Morgan fingerprint density at radius 1 is 0.333 bits per heavy atom. The Hall–Kier alpha value is -1.24. The second-order valence-electron chi connectivity index (χ2n) is 6.92. The van der Waals surface area contributed by atoms with Gasteiger partial charge in [-0.05, 0) is 0 Å². The van der Waals surface area contributed by atoms with E-state index in [9.17, 15) is 0 Å². The molecule has 0 aliphatic heterocycles. The number of hydrogen-bond donors (Lipinski definition) is 0. The van der Waals surface area contributed by atoms with Crippen molar-refractivity contribution in [2.45, 2.75) is 38.5 Å². The van der Waals surface area contributed by atoms with Crippen LogP contribution in [0.25, 0.3) is 0 Å². The Labute approximate surface area is 203 Å². The highest BCUT2D eigenvalue weighted by atomic mass is 79.9. The largest absolute Gasteiger partial charge is 1.00 e. The second kappa shape index (κ2) is 21.0. The Morgan fingerprint density at radius 2 is 0.500 bits per heavy atom. The topological polar surface area (TPSA) is 143 Å². The minimum atomic E-state index is -1.63. The van der Waals surface area contributed by atoms with Gasteiger partial charge in [0.2, 0.25) is 0 Å². The number of hydrogen-bond acceptors (Lipinski definition) is 6. The van der Waals surface area contributed by atoms with Crippen molar-refractivity contribution in [3.63, 3.8) is 0 Å². The molecule has 0 aromatic rings. The first-order valence-corrected chi connectivity index (χ1v) is 14.6. The van der Waals surface area contributed by atoms with E-state index >= 15 is 0 Å². The zero-order valence-corrected chi connectivity index (χ0v) is 22.2. The standard InChI is InChI=1S/C20H28N6P2.2BrH/c21-7-1-13-27(14-2-8-22,15-3-9-23)19-20-28(16-4-10-24,17-5-11-25)18-6-12-26;;/h1-6,13-20H2;2*1H/q+2;;/p-2. The Balaban J connectivity index is -0.00000364. The van der Waals surface area contributed by atoms with Crippen LogP contribution in [0.15, 0.2) is 0 Å². The molecular weight excluding hydrogens is 546 g/mol. The van der Waals surface area contributed by atoms with Gasteiger partial charge in [0.15, 0.2) is 0 Å². The fraction of sp³-hybridized carbons (Fsp3) is 0.700. The highest BCUT2D eigenvalue weighted by molar-refractivity contribution is 7.79. The van der Waals surface area contributed by atoms with E-state index in [4.69, 9.17) is 31.6 Å². The van der Waals surface area contributed by atoms with E-state index in [0.29, 0.717) is 38.5 Å². The molecule has 0 bridgehead atoms. The van der Waals surface area contributed by atoms with Crippen LogP contribution in [-0.2, 0) is 0 Å². The first kappa shape index (κ1) is 33.4. The van der Waals surface area contributed by atoms with Gasteiger partial charge >= 0.3 is 0 Å². The normalized spacial score (nSPS) is 9.80. The van der Waals surface area contributed by atoms with Crippen LogP contribution in [0.1, 0.15) is 38.5 Å². The molecule has 0 aliphatic carbocycles. The summed E-state index contributed by atoms with van der Waals surface area (Å²) in [6.45, 7) is 0. The molecule has 0 atom stereocenters. The lowest BCUT2D eigenvalue weighted by atomic mass is 10.5. The lowest BCUT2D eigenvalue weighted by molar-refractivity contribution is -0.001000. The fourth-order valence-corrected chi connectivity index (χ4v) is 13.0. The van der Waals surface area contributed by atoms with Crippen molar-refractivity contribution < 1.29 is 34.0 Å². The highest BCUT2D eigenvalue weighted by Gasteiger charge is 2.43. The third-order valence-electron chi connectivity index (χ3n) is 5.24.